The van der Waals surface area contributed by atoms with E-state index in [1.165, 1.54) is 0 Å². The van der Waals surface area contributed by atoms with Crippen LogP contribution in [0.3, 0.4) is 0 Å². The molecule has 0 spiro atoms. The number of urea groups is 1. The molecule has 0 aromatic carbocycles. The summed E-state index contributed by atoms with van der Waals surface area (Å²) >= 11 is 0. The van der Waals surface area contributed by atoms with E-state index in [1.807, 2.05) is 0 Å². The van der Waals surface area contributed by atoms with E-state index >= 15 is 0 Å². The SMILES string of the molecule is Cc1noc(CCNC(=O)N2CCN(c3cc(C#N)ccn3)CC2)n1. The van der Waals surface area contributed by atoms with Crippen molar-refractivity contribution in [2.75, 3.05) is 37.6 Å². The summed E-state index contributed by atoms with van der Waals surface area (Å²) in [6, 6.07) is 5.46. The van der Waals surface area contributed by atoms with Gasteiger partial charge in [0.25, 0.3) is 0 Å². The minimum absolute atomic E-state index is 0.102. The number of carbonyl (C=O) groups is 1. The number of aromatic nitrogens is 3. The molecule has 0 unspecified atom stereocenters. The molecule has 25 heavy (non-hydrogen) atoms. The van der Waals surface area contributed by atoms with Gasteiger partial charge in [0.15, 0.2) is 5.82 Å². The van der Waals surface area contributed by atoms with Crippen LogP contribution in [0.5, 0.6) is 0 Å². The first-order chi connectivity index (χ1) is 12.2. The summed E-state index contributed by atoms with van der Waals surface area (Å²) in [7, 11) is 0. The average Bonchev–Trinajstić information content (AvgIpc) is 3.07. The number of pyridine rings is 1. The first-order valence-corrected chi connectivity index (χ1v) is 8.09. The molecule has 0 atom stereocenters. The smallest absolute Gasteiger partial charge is 0.317 e. The number of rotatable bonds is 4. The topological polar surface area (TPSA) is 111 Å². The van der Waals surface area contributed by atoms with Gasteiger partial charge >= 0.3 is 6.03 Å². The van der Waals surface area contributed by atoms with Crippen LogP contribution in [-0.4, -0.2) is 58.8 Å². The van der Waals surface area contributed by atoms with Gasteiger partial charge in [-0.1, -0.05) is 5.16 Å². The molecular formula is C16H19N7O2. The zero-order chi connectivity index (χ0) is 17.6. The predicted molar refractivity (Wildman–Crippen MR) is 88.9 cm³/mol. The van der Waals surface area contributed by atoms with Crippen molar-refractivity contribution in [3.8, 4) is 6.07 Å². The lowest BCUT2D eigenvalue weighted by atomic mass is 10.2. The zero-order valence-electron chi connectivity index (χ0n) is 14.0. The molecule has 1 aliphatic heterocycles. The third-order valence-electron chi connectivity index (χ3n) is 3.95. The normalized spacial score (nSPS) is 14.2. The van der Waals surface area contributed by atoms with Gasteiger partial charge in [0.05, 0.1) is 11.6 Å². The lowest BCUT2D eigenvalue weighted by Gasteiger charge is -2.35. The highest BCUT2D eigenvalue weighted by Crippen LogP contribution is 2.14. The first kappa shape index (κ1) is 16.7. The van der Waals surface area contributed by atoms with Crippen molar-refractivity contribution in [3.63, 3.8) is 0 Å². The van der Waals surface area contributed by atoms with E-state index in [-0.39, 0.29) is 6.03 Å². The maximum Gasteiger partial charge on any atom is 0.317 e. The largest absolute Gasteiger partial charge is 0.353 e. The predicted octanol–water partition coefficient (Wildman–Crippen LogP) is 0.719. The van der Waals surface area contributed by atoms with Gasteiger partial charge in [-0.15, -0.1) is 0 Å². The Morgan fingerprint density at radius 2 is 2.20 bits per heavy atom. The molecular weight excluding hydrogens is 322 g/mol. The number of aryl methyl sites for hydroxylation is 1. The Bertz CT molecular complexity index is 775. The van der Waals surface area contributed by atoms with E-state index < -0.39 is 0 Å². The van der Waals surface area contributed by atoms with E-state index in [0.29, 0.717) is 56.4 Å². The molecule has 0 aliphatic carbocycles. The van der Waals surface area contributed by atoms with Gasteiger partial charge in [-0.3, -0.25) is 0 Å². The summed E-state index contributed by atoms with van der Waals surface area (Å²) in [5.41, 5.74) is 0.585. The minimum atomic E-state index is -0.102. The van der Waals surface area contributed by atoms with Crippen LogP contribution in [-0.2, 0) is 6.42 Å². The van der Waals surface area contributed by atoms with Crippen LogP contribution in [0.15, 0.2) is 22.9 Å². The molecule has 130 valence electrons. The van der Waals surface area contributed by atoms with Gasteiger partial charge in [-0.2, -0.15) is 10.2 Å². The van der Waals surface area contributed by atoms with E-state index in [9.17, 15) is 4.79 Å². The van der Waals surface area contributed by atoms with Crippen LogP contribution in [0.25, 0.3) is 0 Å². The monoisotopic (exact) mass is 341 g/mol. The molecule has 1 fully saturated rings. The standard InChI is InChI=1S/C16H19N7O2/c1-12-20-15(25-21-12)3-5-19-16(24)23-8-6-22(7-9-23)14-10-13(11-17)2-4-18-14/h2,4,10H,3,5-9H2,1H3,(H,19,24). The summed E-state index contributed by atoms with van der Waals surface area (Å²) in [5, 5.41) is 15.5. The lowest BCUT2D eigenvalue weighted by Crippen LogP contribution is -2.52. The summed E-state index contributed by atoms with van der Waals surface area (Å²) < 4.78 is 5.01. The van der Waals surface area contributed by atoms with Crippen LogP contribution >= 0.6 is 0 Å². The first-order valence-electron chi connectivity index (χ1n) is 8.09. The molecule has 1 saturated heterocycles. The highest BCUT2D eigenvalue weighted by atomic mass is 16.5. The van der Waals surface area contributed by atoms with Crippen LogP contribution in [0.1, 0.15) is 17.3 Å². The second kappa shape index (κ2) is 7.61. The van der Waals surface area contributed by atoms with Crippen LogP contribution in [0.2, 0.25) is 0 Å². The number of nitrogens with zero attached hydrogens (tertiary/aromatic N) is 6. The average molecular weight is 341 g/mol. The Balaban J connectivity index is 1.45. The van der Waals surface area contributed by atoms with E-state index in [4.69, 9.17) is 9.78 Å². The fourth-order valence-corrected chi connectivity index (χ4v) is 2.63. The number of carbonyl (C=O) groups excluding carboxylic acids is 1. The van der Waals surface area contributed by atoms with Crippen molar-refractivity contribution < 1.29 is 9.32 Å². The van der Waals surface area contributed by atoms with Gasteiger partial charge < -0.3 is 19.6 Å². The Hall–Kier alpha value is -3.15. The maximum absolute atomic E-state index is 12.2. The van der Waals surface area contributed by atoms with Crippen molar-refractivity contribution in [3.05, 3.63) is 35.6 Å². The van der Waals surface area contributed by atoms with Crippen molar-refractivity contribution >= 4 is 11.8 Å². The Labute approximate surface area is 145 Å². The van der Waals surface area contributed by atoms with E-state index in [1.54, 1.807) is 30.2 Å². The highest BCUT2D eigenvalue weighted by molar-refractivity contribution is 5.74. The van der Waals surface area contributed by atoms with Gasteiger partial charge in [0, 0.05) is 45.3 Å². The van der Waals surface area contributed by atoms with Crippen molar-refractivity contribution in [1.29, 1.82) is 5.26 Å². The van der Waals surface area contributed by atoms with Crippen LogP contribution in [0.4, 0.5) is 10.6 Å². The molecule has 2 aromatic heterocycles. The van der Waals surface area contributed by atoms with Gasteiger partial charge in [-0.05, 0) is 19.1 Å². The maximum atomic E-state index is 12.2. The summed E-state index contributed by atoms with van der Waals surface area (Å²) in [6.45, 7) is 4.77. The number of nitrogens with one attached hydrogen (secondary N) is 1. The van der Waals surface area contributed by atoms with Crippen molar-refractivity contribution in [2.45, 2.75) is 13.3 Å². The number of nitriles is 1. The minimum Gasteiger partial charge on any atom is -0.353 e. The fourth-order valence-electron chi connectivity index (χ4n) is 2.63. The molecule has 9 heteroatoms. The Morgan fingerprint density at radius 1 is 1.40 bits per heavy atom. The number of piperazine rings is 1. The van der Waals surface area contributed by atoms with Gasteiger partial charge in [0.2, 0.25) is 5.89 Å². The molecule has 9 nitrogen and oxygen atoms in total. The third kappa shape index (κ3) is 4.23. The quantitative estimate of drug-likeness (QED) is 0.872. The third-order valence-corrected chi connectivity index (χ3v) is 3.95. The Kier molecular flexibility index (Phi) is 5.09. The van der Waals surface area contributed by atoms with E-state index in [2.05, 4.69) is 31.4 Å². The van der Waals surface area contributed by atoms with Crippen molar-refractivity contribution in [1.82, 2.24) is 25.3 Å². The molecule has 3 rings (SSSR count). The van der Waals surface area contributed by atoms with Crippen LogP contribution in [0, 0.1) is 18.3 Å². The summed E-state index contributed by atoms with van der Waals surface area (Å²) in [4.78, 5) is 24.4. The molecule has 2 aromatic rings. The van der Waals surface area contributed by atoms with Crippen LogP contribution < -0.4 is 10.2 Å². The molecule has 3 heterocycles. The number of hydrogen-bond donors (Lipinski definition) is 1. The molecule has 2 amide bonds. The highest BCUT2D eigenvalue weighted by Gasteiger charge is 2.21. The number of hydrogen-bond acceptors (Lipinski definition) is 7. The Morgan fingerprint density at radius 3 is 2.88 bits per heavy atom. The molecule has 1 aliphatic rings. The van der Waals surface area contributed by atoms with Gasteiger partial charge in [-0.25, -0.2) is 9.78 Å². The summed E-state index contributed by atoms with van der Waals surface area (Å²) in [5.74, 6) is 1.88. The number of anilines is 1. The van der Waals surface area contributed by atoms with E-state index in [0.717, 1.165) is 5.82 Å². The van der Waals surface area contributed by atoms with Gasteiger partial charge in [0.1, 0.15) is 5.82 Å². The molecule has 0 bridgehead atoms. The molecule has 1 N–H and O–H groups in total. The lowest BCUT2D eigenvalue weighted by molar-refractivity contribution is 0.194. The fraction of sp³-hybridized carbons (Fsp3) is 0.438. The molecule has 0 radical (unpaired) electrons. The van der Waals surface area contributed by atoms with Crippen molar-refractivity contribution in [2.24, 2.45) is 0 Å². The second-order valence-electron chi connectivity index (χ2n) is 5.71. The molecule has 0 saturated carbocycles. The zero-order valence-corrected chi connectivity index (χ0v) is 14.0. The second-order valence-corrected chi connectivity index (χ2v) is 5.71. The number of amides is 2. The summed E-state index contributed by atoms with van der Waals surface area (Å²) in [6.07, 6.45) is 2.14.